The first-order chi connectivity index (χ1) is 17.4. The van der Waals surface area contributed by atoms with Crippen LogP contribution < -0.4 is 10.3 Å². The average Bonchev–Trinajstić information content (AvgIpc) is 2.89. The normalized spacial score (nSPS) is 12.1. The fraction of sp³-hybridized carbons (Fsp3) is 0.286. The van der Waals surface area contributed by atoms with Crippen molar-refractivity contribution in [3.05, 3.63) is 105 Å². The van der Waals surface area contributed by atoms with Gasteiger partial charge in [0.25, 0.3) is 5.56 Å². The third kappa shape index (κ3) is 5.46. The second-order valence-corrected chi connectivity index (χ2v) is 8.68. The van der Waals surface area contributed by atoms with Gasteiger partial charge in [-0.1, -0.05) is 42.5 Å². The highest BCUT2D eigenvalue weighted by Gasteiger charge is 2.22. The Bertz CT molecular complexity index is 1390. The molecule has 188 valence electrons. The van der Waals surface area contributed by atoms with Crippen molar-refractivity contribution < 1.29 is 24.1 Å². The van der Waals surface area contributed by atoms with Crippen LogP contribution in [0.2, 0.25) is 0 Å². The summed E-state index contributed by atoms with van der Waals surface area (Å²) in [6.45, 7) is 1.43. The molecule has 0 aliphatic carbocycles. The van der Waals surface area contributed by atoms with E-state index in [0.717, 1.165) is 11.1 Å². The van der Waals surface area contributed by atoms with Crippen molar-refractivity contribution in [2.24, 2.45) is 7.05 Å². The molecule has 0 aliphatic heterocycles. The number of halogens is 1. The third-order valence-electron chi connectivity index (χ3n) is 6.03. The van der Waals surface area contributed by atoms with Crippen LogP contribution in [0.25, 0.3) is 11.0 Å². The second-order valence-electron chi connectivity index (χ2n) is 8.68. The number of aliphatic hydroxyl groups is 2. The van der Waals surface area contributed by atoms with Gasteiger partial charge in [-0.3, -0.25) is 9.78 Å². The van der Waals surface area contributed by atoms with Crippen molar-refractivity contribution in [1.82, 2.24) is 9.55 Å². The predicted molar refractivity (Wildman–Crippen MR) is 134 cm³/mol. The molecule has 2 aromatic carbocycles. The van der Waals surface area contributed by atoms with Gasteiger partial charge in [0, 0.05) is 30.8 Å². The van der Waals surface area contributed by atoms with E-state index < -0.39 is 12.7 Å². The van der Waals surface area contributed by atoms with Gasteiger partial charge in [0.2, 0.25) is 0 Å². The van der Waals surface area contributed by atoms with Crippen LogP contribution in [0.15, 0.2) is 65.6 Å². The van der Waals surface area contributed by atoms with Crippen molar-refractivity contribution >= 4 is 11.0 Å². The SMILES string of the molecule is CC(CO)Oc1c(Cc2ccc(F)cc2)cnc2c(COCc3ccccc3)c(CO)c(=O)n(C)c12. The minimum Gasteiger partial charge on any atom is -0.486 e. The molecule has 0 saturated carbocycles. The number of aliphatic hydroxyl groups excluding tert-OH is 2. The van der Waals surface area contributed by atoms with Gasteiger partial charge in [0.15, 0.2) is 5.75 Å². The molecule has 4 aromatic rings. The summed E-state index contributed by atoms with van der Waals surface area (Å²) in [5.41, 5.74) is 3.71. The topological polar surface area (TPSA) is 93.8 Å². The molecule has 2 heterocycles. The Kier molecular flexibility index (Phi) is 8.10. The molecule has 2 N–H and O–H groups in total. The molecule has 36 heavy (non-hydrogen) atoms. The molecular weight excluding hydrogens is 463 g/mol. The van der Waals surface area contributed by atoms with Gasteiger partial charge in [0.1, 0.15) is 17.4 Å². The summed E-state index contributed by atoms with van der Waals surface area (Å²) in [5, 5.41) is 19.7. The molecule has 0 saturated heterocycles. The third-order valence-corrected chi connectivity index (χ3v) is 6.03. The Morgan fingerprint density at radius 2 is 1.72 bits per heavy atom. The molecule has 1 atom stereocenters. The van der Waals surface area contributed by atoms with Crippen molar-refractivity contribution in [1.29, 1.82) is 0 Å². The summed E-state index contributed by atoms with van der Waals surface area (Å²) in [4.78, 5) is 17.9. The molecular formula is C28H29FN2O5. The first-order valence-electron chi connectivity index (χ1n) is 11.7. The van der Waals surface area contributed by atoms with Crippen LogP contribution >= 0.6 is 0 Å². The Hall–Kier alpha value is -3.59. The first kappa shape index (κ1) is 25.5. The van der Waals surface area contributed by atoms with E-state index in [9.17, 15) is 19.4 Å². The molecule has 7 nitrogen and oxygen atoms in total. The first-order valence-corrected chi connectivity index (χ1v) is 11.7. The Morgan fingerprint density at radius 3 is 2.39 bits per heavy atom. The van der Waals surface area contributed by atoms with Crippen LogP contribution in [0.3, 0.4) is 0 Å². The van der Waals surface area contributed by atoms with E-state index >= 15 is 0 Å². The molecule has 2 aromatic heterocycles. The van der Waals surface area contributed by atoms with Gasteiger partial charge in [-0.25, -0.2) is 4.39 Å². The van der Waals surface area contributed by atoms with Gasteiger partial charge >= 0.3 is 0 Å². The number of pyridine rings is 2. The summed E-state index contributed by atoms with van der Waals surface area (Å²) in [7, 11) is 1.60. The zero-order chi connectivity index (χ0) is 25.7. The maximum absolute atomic E-state index is 13.4. The predicted octanol–water partition coefficient (Wildman–Crippen LogP) is 3.63. The standard InChI is InChI=1S/C28H29FN2O5/c1-18(14-32)36-27-21(12-19-8-10-22(29)11-9-19)13-30-25-24(17-35-16-20-6-4-3-5-7-20)23(15-33)28(34)31(2)26(25)27/h3-11,13,18,32-33H,12,14-17H2,1-2H3. The van der Waals surface area contributed by atoms with E-state index in [2.05, 4.69) is 4.98 Å². The number of aryl methyl sites for hydroxylation is 1. The van der Waals surface area contributed by atoms with Crippen LogP contribution in [-0.4, -0.2) is 32.5 Å². The summed E-state index contributed by atoms with van der Waals surface area (Å²) >= 11 is 0. The van der Waals surface area contributed by atoms with Gasteiger partial charge in [-0.2, -0.15) is 0 Å². The van der Waals surface area contributed by atoms with Gasteiger partial charge in [-0.15, -0.1) is 0 Å². The number of aromatic nitrogens is 2. The van der Waals surface area contributed by atoms with Crippen LogP contribution in [0.1, 0.15) is 34.7 Å². The highest BCUT2D eigenvalue weighted by atomic mass is 19.1. The van der Waals surface area contributed by atoms with E-state index in [1.807, 2.05) is 30.3 Å². The van der Waals surface area contributed by atoms with E-state index in [-0.39, 0.29) is 30.2 Å². The lowest BCUT2D eigenvalue weighted by Crippen LogP contribution is -2.26. The van der Waals surface area contributed by atoms with E-state index in [1.165, 1.54) is 16.7 Å². The molecule has 0 radical (unpaired) electrons. The van der Waals surface area contributed by atoms with Crippen LogP contribution in [0, 0.1) is 5.82 Å². The lowest BCUT2D eigenvalue weighted by atomic mass is 10.0. The van der Waals surface area contributed by atoms with Crippen molar-refractivity contribution in [3.63, 3.8) is 0 Å². The minimum atomic E-state index is -0.548. The molecule has 0 aliphatic rings. The quantitative estimate of drug-likeness (QED) is 0.351. The van der Waals surface area contributed by atoms with Gasteiger partial charge in [-0.05, 0) is 30.2 Å². The smallest absolute Gasteiger partial charge is 0.256 e. The summed E-state index contributed by atoms with van der Waals surface area (Å²) in [6, 6.07) is 15.8. The monoisotopic (exact) mass is 492 g/mol. The van der Waals surface area contributed by atoms with E-state index in [0.29, 0.717) is 40.9 Å². The summed E-state index contributed by atoms with van der Waals surface area (Å²) in [5.74, 6) is 0.0686. The maximum atomic E-state index is 13.4. The van der Waals surface area contributed by atoms with Crippen LogP contribution in [0.4, 0.5) is 4.39 Å². The Balaban J connectivity index is 1.83. The fourth-order valence-electron chi connectivity index (χ4n) is 4.11. The zero-order valence-electron chi connectivity index (χ0n) is 20.3. The Morgan fingerprint density at radius 1 is 1.00 bits per heavy atom. The molecule has 0 amide bonds. The number of hydrogen-bond donors (Lipinski definition) is 2. The number of benzene rings is 2. The van der Waals surface area contributed by atoms with Gasteiger partial charge < -0.3 is 24.3 Å². The molecule has 0 fully saturated rings. The van der Waals surface area contributed by atoms with Crippen molar-refractivity contribution in [2.45, 2.75) is 39.3 Å². The van der Waals surface area contributed by atoms with Crippen LogP contribution in [-0.2, 0) is 38.0 Å². The molecule has 4 rings (SSSR count). The lowest BCUT2D eigenvalue weighted by molar-refractivity contribution is 0.106. The van der Waals surface area contributed by atoms with Crippen molar-refractivity contribution in [2.75, 3.05) is 6.61 Å². The molecule has 8 heteroatoms. The Labute approximate surface area is 208 Å². The lowest BCUT2D eigenvalue weighted by Gasteiger charge is -2.21. The number of nitrogens with zero attached hydrogens (tertiary/aromatic N) is 2. The van der Waals surface area contributed by atoms with Crippen molar-refractivity contribution in [3.8, 4) is 5.75 Å². The van der Waals surface area contributed by atoms with E-state index in [4.69, 9.17) is 9.47 Å². The van der Waals surface area contributed by atoms with Gasteiger partial charge in [0.05, 0.1) is 37.5 Å². The largest absolute Gasteiger partial charge is 0.486 e. The second kappa shape index (κ2) is 11.4. The fourth-order valence-corrected chi connectivity index (χ4v) is 4.11. The molecule has 0 bridgehead atoms. The average molecular weight is 493 g/mol. The minimum absolute atomic E-state index is 0.0661. The number of ether oxygens (including phenoxy) is 2. The molecule has 0 spiro atoms. The maximum Gasteiger partial charge on any atom is 0.256 e. The summed E-state index contributed by atoms with van der Waals surface area (Å²) in [6.07, 6.45) is 1.48. The number of hydrogen-bond acceptors (Lipinski definition) is 6. The highest BCUT2D eigenvalue weighted by Crippen LogP contribution is 2.33. The summed E-state index contributed by atoms with van der Waals surface area (Å²) < 4.78 is 26.9. The highest BCUT2D eigenvalue weighted by molar-refractivity contribution is 5.86. The van der Waals surface area contributed by atoms with Crippen LogP contribution in [0.5, 0.6) is 5.75 Å². The number of fused-ring (bicyclic) bond motifs is 1. The zero-order valence-corrected chi connectivity index (χ0v) is 20.3. The van der Waals surface area contributed by atoms with E-state index in [1.54, 1.807) is 32.3 Å². The molecule has 1 unspecified atom stereocenters. The number of rotatable bonds is 10.